The second-order valence-corrected chi connectivity index (χ2v) is 11.3. The molecule has 1 aromatic carbocycles. The summed E-state index contributed by atoms with van der Waals surface area (Å²) < 4.78 is 17.4. The number of benzene rings is 1. The van der Waals surface area contributed by atoms with Gasteiger partial charge in [0.25, 0.3) is 0 Å². The zero-order valence-electron chi connectivity index (χ0n) is 23.8. The molecule has 0 radical (unpaired) electrons. The van der Waals surface area contributed by atoms with Crippen LogP contribution in [0.25, 0.3) is 33.1 Å². The van der Waals surface area contributed by atoms with Crippen LogP contribution in [0.3, 0.4) is 0 Å². The number of aromatic nitrogens is 4. The Labute approximate surface area is 235 Å². The van der Waals surface area contributed by atoms with E-state index in [2.05, 4.69) is 80.5 Å². The smallest absolute Gasteiger partial charge is 0.210 e. The van der Waals surface area contributed by atoms with Crippen LogP contribution in [0.5, 0.6) is 0 Å². The van der Waals surface area contributed by atoms with Crippen LogP contribution in [0.2, 0.25) is 0 Å². The number of halogens is 1. The van der Waals surface area contributed by atoms with Crippen LogP contribution in [-0.4, -0.2) is 15.0 Å². The van der Waals surface area contributed by atoms with Crippen molar-refractivity contribution < 1.29 is 8.96 Å². The maximum atomic E-state index is 13.1. The van der Waals surface area contributed by atoms with Crippen LogP contribution in [0.4, 0.5) is 4.39 Å². The van der Waals surface area contributed by atoms with Crippen LogP contribution in [0.15, 0.2) is 85.5 Å². The predicted octanol–water partition coefficient (Wildman–Crippen LogP) is 9.01. The number of allylic oxidation sites excluding steroid dienone is 5. The number of aryl methyl sites for hydroxylation is 2. The van der Waals surface area contributed by atoms with Gasteiger partial charge in [0.05, 0.1) is 11.8 Å². The standard InChI is InChI=1S/C33H38FN4S/c1-8-23(5)31(10-3)37-18-17-22(4)19-32(37)29-20-33(39-25(29)7)38-21-30(35-36-38)28-15-13-27(14-16-28)26(9-2)12-11-24(6)34/h9,11-21,23,31H,6,8,10H2,1-5,7H3/q+1/b12-11-,26-9+. The Hall–Kier alpha value is -3.64. The Balaban J connectivity index is 1.64. The first-order chi connectivity index (χ1) is 18.7. The van der Waals surface area contributed by atoms with Gasteiger partial charge in [0.2, 0.25) is 5.69 Å². The van der Waals surface area contributed by atoms with E-state index in [0.29, 0.717) is 12.0 Å². The molecule has 2 atom stereocenters. The van der Waals surface area contributed by atoms with Crippen LogP contribution in [0.1, 0.15) is 62.6 Å². The third kappa shape index (κ3) is 6.34. The molecule has 0 fully saturated rings. The Kier molecular flexibility index (Phi) is 9.08. The molecule has 0 saturated heterocycles. The zero-order chi connectivity index (χ0) is 28.1. The fourth-order valence-corrected chi connectivity index (χ4v) is 5.92. The molecule has 0 aliphatic heterocycles. The van der Waals surface area contributed by atoms with E-state index in [0.717, 1.165) is 40.2 Å². The zero-order valence-corrected chi connectivity index (χ0v) is 24.6. The van der Waals surface area contributed by atoms with Crippen molar-refractivity contribution in [2.45, 2.75) is 60.4 Å². The van der Waals surface area contributed by atoms with Crippen molar-refractivity contribution in [1.82, 2.24) is 15.0 Å². The minimum atomic E-state index is -0.465. The van der Waals surface area contributed by atoms with Crippen molar-refractivity contribution in [2.75, 3.05) is 0 Å². The highest BCUT2D eigenvalue weighted by Gasteiger charge is 2.28. The summed E-state index contributed by atoms with van der Waals surface area (Å²) in [6.07, 6.45) is 11.5. The van der Waals surface area contributed by atoms with Gasteiger partial charge >= 0.3 is 0 Å². The third-order valence-electron chi connectivity index (χ3n) is 7.39. The fraction of sp³-hybridized carbons (Fsp3) is 0.303. The summed E-state index contributed by atoms with van der Waals surface area (Å²) >= 11 is 1.73. The average Bonchev–Trinajstić information content (AvgIpc) is 3.57. The predicted molar refractivity (Wildman–Crippen MR) is 162 cm³/mol. The van der Waals surface area contributed by atoms with Gasteiger partial charge in [-0.1, -0.05) is 69.0 Å². The number of pyridine rings is 1. The highest BCUT2D eigenvalue weighted by atomic mass is 32.1. The molecule has 4 aromatic rings. The normalized spacial score (nSPS) is 13.7. The van der Waals surface area contributed by atoms with Crippen molar-refractivity contribution in [3.05, 3.63) is 101 Å². The van der Waals surface area contributed by atoms with E-state index < -0.39 is 5.83 Å². The molecule has 2 unspecified atom stereocenters. The minimum absolute atomic E-state index is 0.448. The molecule has 6 heteroatoms. The number of nitrogens with zero attached hydrogens (tertiary/aromatic N) is 4. The molecule has 4 rings (SSSR count). The highest BCUT2D eigenvalue weighted by molar-refractivity contribution is 7.15. The van der Waals surface area contributed by atoms with Crippen LogP contribution < -0.4 is 4.57 Å². The summed E-state index contributed by atoms with van der Waals surface area (Å²) in [6, 6.07) is 15.3. The van der Waals surface area contributed by atoms with Crippen LogP contribution in [0, 0.1) is 19.8 Å². The molecule has 39 heavy (non-hydrogen) atoms. The number of thiophene rings is 1. The van der Waals surface area contributed by atoms with Crippen molar-refractivity contribution in [1.29, 1.82) is 0 Å². The molecule has 0 N–H and O–H groups in total. The second-order valence-electron chi connectivity index (χ2n) is 10.1. The maximum Gasteiger partial charge on any atom is 0.214 e. The molecule has 0 aliphatic rings. The van der Waals surface area contributed by atoms with E-state index in [1.165, 1.54) is 27.8 Å². The van der Waals surface area contributed by atoms with Gasteiger partial charge in [-0.25, -0.2) is 9.07 Å². The van der Waals surface area contributed by atoms with Gasteiger partial charge in [-0.05, 0) is 56.0 Å². The van der Waals surface area contributed by atoms with E-state index in [1.807, 2.05) is 48.1 Å². The summed E-state index contributed by atoms with van der Waals surface area (Å²) in [5.74, 6) is 0.125. The van der Waals surface area contributed by atoms with Crippen LogP contribution >= 0.6 is 11.3 Å². The quantitative estimate of drug-likeness (QED) is 0.148. The SMILES string of the molecule is C=C(F)/C=C\C(=C/C)c1ccc(-c2cn(-c3cc(-c4cc(C)cc[n+]4C(CC)C(C)CC)c(C)s3)nn2)cc1. The van der Waals surface area contributed by atoms with E-state index in [1.54, 1.807) is 17.4 Å². The number of rotatable bonds is 10. The molecule has 0 amide bonds. The van der Waals surface area contributed by atoms with Gasteiger partial charge in [-0.3, -0.25) is 0 Å². The summed E-state index contributed by atoms with van der Waals surface area (Å²) in [5, 5.41) is 9.96. The van der Waals surface area contributed by atoms with Gasteiger partial charge in [-0.15, -0.1) is 16.4 Å². The molecule has 3 aromatic heterocycles. The molecule has 0 saturated carbocycles. The Morgan fingerprint density at radius 1 is 1.10 bits per heavy atom. The largest absolute Gasteiger partial charge is 0.214 e. The van der Waals surface area contributed by atoms with Gasteiger partial charge in [0, 0.05) is 34.9 Å². The average molecular weight is 542 g/mol. The van der Waals surface area contributed by atoms with Gasteiger partial charge < -0.3 is 0 Å². The summed E-state index contributed by atoms with van der Waals surface area (Å²) in [4.78, 5) is 1.26. The van der Waals surface area contributed by atoms with E-state index >= 15 is 0 Å². The molecule has 0 bridgehead atoms. The van der Waals surface area contributed by atoms with Crippen molar-refractivity contribution >= 4 is 16.9 Å². The van der Waals surface area contributed by atoms with Gasteiger partial charge in [0.15, 0.2) is 12.2 Å². The van der Waals surface area contributed by atoms with E-state index in [4.69, 9.17) is 0 Å². The molecule has 202 valence electrons. The van der Waals surface area contributed by atoms with Crippen molar-refractivity contribution in [3.63, 3.8) is 0 Å². The Morgan fingerprint density at radius 2 is 1.85 bits per heavy atom. The Morgan fingerprint density at radius 3 is 2.49 bits per heavy atom. The lowest BCUT2D eigenvalue weighted by molar-refractivity contribution is -0.720. The molecular formula is C33H38FN4S+. The fourth-order valence-electron chi connectivity index (χ4n) is 4.98. The van der Waals surface area contributed by atoms with E-state index in [-0.39, 0.29) is 0 Å². The maximum absolute atomic E-state index is 13.1. The molecule has 0 spiro atoms. The second kappa shape index (κ2) is 12.5. The summed E-state index contributed by atoms with van der Waals surface area (Å²) in [6.45, 7) is 16.5. The first-order valence-electron chi connectivity index (χ1n) is 13.6. The molecule has 0 aliphatic carbocycles. The lowest BCUT2D eigenvalue weighted by Crippen LogP contribution is -2.44. The molecule has 4 nitrogen and oxygen atoms in total. The number of hydrogen-bond acceptors (Lipinski definition) is 3. The lowest BCUT2D eigenvalue weighted by atomic mass is 9.95. The lowest BCUT2D eigenvalue weighted by Gasteiger charge is -2.19. The van der Waals surface area contributed by atoms with Crippen molar-refractivity contribution in [2.24, 2.45) is 5.92 Å². The monoisotopic (exact) mass is 541 g/mol. The molecule has 3 heterocycles. The van der Waals surface area contributed by atoms with Crippen molar-refractivity contribution in [3.8, 4) is 27.5 Å². The highest BCUT2D eigenvalue weighted by Crippen LogP contribution is 2.34. The van der Waals surface area contributed by atoms with Crippen LogP contribution in [-0.2, 0) is 0 Å². The summed E-state index contributed by atoms with van der Waals surface area (Å²) in [5.41, 5.74) is 7.45. The van der Waals surface area contributed by atoms with E-state index in [9.17, 15) is 4.39 Å². The topological polar surface area (TPSA) is 34.6 Å². The molecular weight excluding hydrogens is 503 g/mol. The summed E-state index contributed by atoms with van der Waals surface area (Å²) in [7, 11) is 0. The van der Waals surface area contributed by atoms with Gasteiger partial charge in [0.1, 0.15) is 16.5 Å². The minimum Gasteiger partial charge on any atom is -0.210 e. The first kappa shape index (κ1) is 28.4. The first-order valence-corrected chi connectivity index (χ1v) is 14.4. The Bertz CT molecular complexity index is 1510. The third-order valence-corrected chi connectivity index (χ3v) is 8.43. The number of hydrogen-bond donors (Lipinski definition) is 0. The van der Waals surface area contributed by atoms with Gasteiger partial charge in [-0.2, -0.15) is 4.57 Å².